The number of nitrogens with one attached hydrogen (secondary N) is 1. The van der Waals surface area contributed by atoms with E-state index in [2.05, 4.69) is 16.5 Å². The number of nitrogens with zero attached hydrogens (tertiary/aromatic N) is 3. The molecule has 2 aliphatic rings. The number of anilines is 1. The summed E-state index contributed by atoms with van der Waals surface area (Å²) in [6.07, 6.45) is 2.51. The molecule has 0 bridgehead atoms. The van der Waals surface area contributed by atoms with Crippen LogP contribution in [0, 0.1) is 11.3 Å². The van der Waals surface area contributed by atoms with E-state index >= 15 is 0 Å². The molecule has 1 aliphatic carbocycles. The number of amides is 1. The Kier molecular flexibility index (Phi) is 3.69. The molecule has 1 saturated heterocycles. The zero-order valence-corrected chi connectivity index (χ0v) is 12.0. The van der Waals surface area contributed by atoms with Crippen LogP contribution in [0.15, 0.2) is 29.3 Å². The highest BCUT2D eigenvalue weighted by molar-refractivity contribution is 5.89. The molecule has 7 nitrogen and oxygen atoms in total. The molecule has 0 aromatic heterocycles. The largest absolute Gasteiger partial charge is 0.442 e. The molecule has 0 spiro atoms. The molecular weight excluding hydrogens is 282 g/mol. The van der Waals surface area contributed by atoms with Crippen LogP contribution in [0.4, 0.5) is 10.5 Å². The number of cyclic esters (lactones) is 1. The number of hydrazine groups is 1. The van der Waals surface area contributed by atoms with Crippen molar-refractivity contribution in [1.29, 1.82) is 5.26 Å². The summed E-state index contributed by atoms with van der Waals surface area (Å²) in [6, 6.07) is 9.93. The zero-order chi connectivity index (χ0) is 15.6. The van der Waals surface area contributed by atoms with E-state index in [1.54, 1.807) is 4.90 Å². The minimum absolute atomic E-state index is 0.286. The molecule has 1 atom stereocenters. The molecule has 1 heterocycles. The van der Waals surface area contributed by atoms with Crippen LogP contribution in [0.1, 0.15) is 18.4 Å². The highest BCUT2D eigenvalue weighted by atomic mass is 16.6. The number of hydrogen-bond donors (Lipinski definition) is 2. The van der Waals surface area contributed by atoms with E-state index < -0.39 is 0 Å². The molecule has 2 fully saturated rings. The smallest absolute Gasteiger partial charge is 0.414 e. The predicted molar refractivity (Wildman–Crippen MR) is 81.3 cm³/mol. The van der Waals surface area contributed by atoms with Gasteiger partial charge in [0, 0.05) is 5.69 Å². The molecule has 7 heteroatoms. The third-order valence-electron chi connectivity index (χ3n) is 4.04. The highest BCUT2D eigenvalue weighted by Gasteiger charge is 2.44. The van der Waals surface area contributed by atoms with Crippen LogP contribution in [0.3, 0.4) is 0 Å². The van der Waals surface area contributed by atoms with Crippen LogP contribution in [-0.4, -0.2) is 31.6 Å². The molecule has 1 aliphatic heterocycles. The molecule has 1 aromatic rings. The lowest BCUT2D eigenvalue weighted by molar-refractivity contribution is 0.145. The van der Waals surface area contributed by atoms with Gasteiger partial charge in [-0.25, -0.2) is 10.6 Å². The molecule has 0 radical (unpaired) electrons. The number of ether oxygens (including phenoxy) is 1. The Bertz CT molecular complexity index is 630. The first kappa shape index (κ1) is 14.4. The van der Waals surface area contributed by atoms with Gasteiger partial charge in [0.25, 0.3) is 0 Å². The maximum atomic E-state index is 11.9. The van der Waals surface area contributed by atoms with E-state index in [-0.39, 0.29) is 17.6 Å². The van der Waals surface area contributed by atoms with Crippen molar-refractivity contribution in [2.45, 2.75) is 24.4 Å². The van der Waals surface area contributed by atoms with Crippen LogP contribution < -0.4 is 16.2 Å². The number of benzene rings is 1. The van der Waals surface area contributed by atoms with Gasteiger partial charge >= 0.3 is 6.09 Å². The van der Waals surface area contributed by atoms with Gasteiger partial charge in [-0.3, -0.25) is 9.89 Å². The fraction of sp³-hybridized carbons (Fsp3) is 0.400. The van der Waals surface area contributed by atoms with Crippen molar-refractivity contribution in [2.75, 3.05) is 18.0 Å². The zero-order valence-electron chi connectivity index (χ0n) is 12.0. The maximum absolute atomic E-state index is 11.9. The molecule has 3 rings (SSSR count). The van der Waals surface area contributed by atoms with Gasteiger partial charge < -0.3 is 10.2 Å². The SMILES string of the molecule is N#CC1(c2ccc(N3CC(CN=CNN)OC3=O)cc2)CC1. The number of hydrogen-bond acceptors (Lipinski definition) is 5. The molecule has 3 N–H and O–H groups in total. The summed E-state index contributed by atoms with van der Waals surface area (Å²) >= 11 is 0. The van der Waals surface area contributed by atoms with Gasteiger partial charge in [0.2, 0.25) is 0 Å². The van der Waals surface area contributed by atoms with Crippen molar-refractivity contribution in [3.05, 3.63) is 29.8 Å². The van der Waals surface area contributed by atoms with Crippen LogP contribution in [0.2, 0.25) is 0 Å². The summed E-state index contributed by atoms with van der Waals surface area (Å²) in [6.45, 7) is 0.811. The van der Waals surface area contributed by atoms with Gasteiger partial charge in [-0.1, -0.05) is 12.1 Å². The molecule has 1 aromatic carbocycles. The molecule has 1 unspecified atom stereocenters. The number of nitrogens with two attached hydrogens (primary N) is 1. The Morgan fingerprint density at radius 1 is 1.50 bits per heavy atom. The maximum Gasteiger partial charge on any atom is 0.414 e. The van der Waals surface area contributed by atoms with Crippen molar-refractivity contribution >= 4 is 18.1 Å². The van der Waals surface area contributed by atoms with E-state index in [1.807, 2.05) is 24.3 Å². The minimum atomic E-state index is -0.380. The molecule has 22 heavy (non-hydrogen) atoms. The third-order valence-corrected chi connectivity index (χ3v) is 4.04. The van der Waals surface area contributed by atoms with Crippen molar-refractivity contribution in [3.8, 4) is 6.07 Å². The fourth-order valence-corrected chi connectivity index (χ4v) is 2.60. The monoisotopic (exact) mass is 299 g/mol. The lowest BCUT2D eigenvalue weighted by Gasteiger charge is -2.14. The van der Waals surface area contributed by atoms with Crippen LogP contribution >= 0.6 is 0 Å². The number of nitriles is 1. The number of carbonyl (C=O) groups is 1. The normalized spacial score (nSPS) is 22.5. The Labute approximate surface area is 128 Å². The Morgan fingerprint density at radius 2 is 2.23 bits per heavy atom. The molecule has 1 saturated carbocycles. The minimum Gasteiger partial charge on any atom is -0.442 e. The first-order valence-electron chi connectivity index (χ1n) is 7.13. The van der Waals surface area contributed by atoms with E-state index in [1.165, 1.54) is 6.34 Å². The second-order valence-electron chi connectivity index (χ2n) is 5.52. The lowest BCUT2D eigenvalue weighted by atomic mass is 9.97. The van der Waals surface area contributed by atoms with Crippen LogP contribution in [0.5, 0.6) is 0 Å². The summed E-state index contributed by atoms with van der Waals surface area (Å²) in [5, 5.41) is 9.21. The summed E-state index contributed by atoms with van der Waals surface area (Å²) in [4.78, 5) is 17.5. The van der Waals surface area contributed by atoms with Crippen LogP contribution in [0.25, 0.3) is 0 Å². The molecule has 1 amide bonds. The molecular formula is C15H17N5O2. The van der Waals surface area contributed by atoms with E-state index in [0.29, 0.717) is 13.1 Å². The summed E-state index contributed by atoms with van der Waals surface area (Å²) < 4.78 is 5.26. The summed E-state index contributed by atoms with van der Waals surface area (Å²) in [5.41, 5.74) is 3.78. The van der Waals surface area contributed by atoms with Crippen molar-refractivity contribution < 1.29 is 9.53 Å². The van der Waals surface area contributed by atoms with Gasteiger partial charge in [0.1, 0.15) is 6.10 Å². The van der Waals surface area contributed by atoms with Crippen molar-refractivity contribution in [2.24, 2.45) is 10.8 Å². The van der Waals surface area contributed by atoms with Gasteiger partial charge in [0.05, 0.1) is 30.9 Å². The average molecular weight is 299 g/mol. The number of rotatable bonds is 5. The fourth-order valence-electron chi connectivity index (χ4n) is 2.60. The van der Waals surface area contributed by atoms with Crippen LogP contribution in [-0.2, 0) is 10.2 Å². The highest BCUT2D eigenvalue weighted by Crippen LogP contribution is 2.47. The lowest BCUT2D eigenvalue weighted by Crippen LogP contribution is -2.25. The quantitative estimate of drug-likeness (QED) is 0.366. The van der Waals surface area contributed by atoms with Gasteiger partial charge in [-0.2, -0.15) is 5.26 Å². The van der Waals surface area contributed by atoms with Crippen molar-refractivity contribution in [1.82, 2.24) is 5.43 Å². The van der Waals surface area contributed by atoms with Gasteiger partial charge in [-0.05, 0) is 30.5 Å². The van der Waals surface area contributed by atoms with E-state index in [4.69, 9.17) is 10.6 Å². The third kappa shape index (κ3) is 2.61. The standard InChI is InChI=1S/C15H17N5O2/c16-9-15(5-6-15)11-1-3-12(4-2-11)20-8-13(22-14(20)21)7-18-10-19-17/h1-4,10,13H,5-8,17H2,(H,18,19). The Hall–Kier alpha value is -2.59. The van der Waals surface area contributed by atoms with Gasteiger partial charge in [-0.15, -0.1) is 0 Å². The summed E-state index contributed by atoms with van der Waals surface area (Å²) in [5.74, 6) is 5.08. The topological polar surface area (TPSA) is 104 Å². The second kappa shape index (κ2) is 5.66. The van der Waals surface area contributed by atoms with E-state index in [0.717, 1.165) is 24.1 Å². The Morgan fingerprint density at radius 3 is 2.82 bits per heavy atom. The first-order chi connectivity index (χ1) is 10.7. The Balaban J connectivity index is 1.68. The predicted octanol–water partition coefficient (Wildman–Crippen LogP) is 1.06. The van der Waals surface area contributed by atoms with Crippen molar-refractivity contribution in [3.63, 3.8) is 0 Å². The number of carbonyl (C=O) groups excluding carboxylic acids is 1. The van der Waals surface area contributed by atoms with Gasteiger partial charge in [0.15, 0.2) is 0 Å². The molecule has 114 valence electrons. The number of aliphatic imine (C=N–C) groups is 1. The average Bonchev–Trinajstić information content (AvgIpc) is 3.26. The first-order valence-corrected chi connectivity index (χ1v) is 7.13. The van der Waals surface area contributed by atoms with E-state index in [9.17, 15) is 10.1 Å². The second-order valence-corrected chi connectivity index (χ2v) is 5.52. The summed E-state index contributed by atoms with van der Waals surface area (Å²) in [7, 11) is 0.